The van der Waals surface area contributed by atoms with Crippen LogP contribution in [0.25, 0.3) is 0 Å². The Morgan fingerprint density at radius 3 is 2.83 bits per heavy atom. The minimum atomic E-state index is -0.232. The van der Waals surface area contributed by atoms with Crippen molar-refractivity contribution in [1.29, 1.82) is 0 Å². The summed E-state index contributed by atoms with van der Waals surface area (Å²) in [5.74, 6) is 0.706. The summed E-state index contributed by atoms with van der Waals surface area (Å²) in [5, 5.41) is -0.232. The Bertz CT molecular complexity index is 172. The van der Waals surface area contributed by atoms with Gasteiger partial charge in [-0.25, -0.2) is 0 Å². The highest BCUT2D eigenvalue weighted by Crippen LogP contribution is 2.18. The molecule has 1 saturated heterocycles. The summed E-state index contributed by atoms with van der Waals surface area (Å²) in [7, 11) is 0. The summed E-state index contributed by atoms with van der Waals surface area (Å²) in [6, 6.07) is -0.102. The van der Waals surface area contributed by atoms with Crippen LogP contribution in [-0.4, -0.2) is 29.3 Å². The standard InChI is InChI=1S/C9H16ClNO/c1-7-4-3-5-11(6-7)8(2)9(10)12/h7-8H,3-6H2,1-2H3. The molecule has 0 bridgehead atoms. The van der Waals surface area contributed by atoms with Gasteiger partial charge in [-0.2, -0.15) is 0 Å². The van der Waals surface area contributed by atoms with Crippen molar-refractivity contribution in [1.82, 2.24) is 4.90 Å². The van der Waals surface area contributed by atoms with Crippen LogP contribution in [0.5, 0.6) is 0 Å². The first kappa shape index (κ1) is 10.0. The van der Waals surface area contributed by atoms with Crippen LogP contribution in [0, 0.1) is 5.92 Å². The van der Waals surface area contributed by atoms with Gasteiger partial charge in [0.25, 0.3) is 0 Å². The molecule has 0 spiro atoms. The molecular weight excluding hydrogens is 174 g/mol. The van der Waals surface area contributed by atoms with Crippen LogP contribution < -0.4 is 0 Å². The Labute approximate surface area is 78.9 Å². The number of rotatable bonds is 2. The molecule has 1 aliphatic rings. The summed E-state index contributed by atoms with van der Waals surface area (Å²) >= 11 is 5.43. The third-order valence-corrected chi connectivity index (χ3v) is 2.88. The molecule has 0 aromatic heterocycles. The number of piperidine rings is 1. The van der Waals surface area contributed by atoms with Gasteiger partial charge in [-0.1, -0.05) is 6.92 Å². The lowest BCUT2D eigenvalue weighted by molar-refractivity contribution is -0.116. The number of carbonyl (C=O) groups is 1. The molecule has 0 N–H and O–H groups in total. The summed E-state index contributed by atoms with van der Waals surface area (Å²) in [6.45, 7) is 6.13. The van der Waals surface area contributed by atoms with Crippen LogP contribution in [0.3, 0.4) is 0 Å². The average molecular weight is 190 g/mol. The highest BCUT2D eigenvalue weighted by molar-refractivity contribution is 6.64. The van der Waals surface area contributed by atoms with Gasteiger partial charge in [0.05, 0.1) is 6.04 Å². The Balaban J connectivity index is 2.45. The first-order valence-corrected chi connectivity index (χ1v) is 4.92. The zero-order valence-electron chi connectivity index (χ0n) is 7.72. The molecule has 0 aromatic rings. The molecule has 0 aromatic carbocycles. The predicted molar refractivity (Wildman–Crippen MR) is 50.3 cm³/mol. The molecule has 1 heterocycles. The number of halogens is 1. The molecule has 12 heavy (non-hydrogen) atoms. The normalized spacial score (nSPS) is 28.4. The number of likely N-dealkylation sites (tertiary alicyclic amines) is 1. The van der Waals surface area contributed by atoms with Crippen molar-refractivity contribution in [3.63, 3.8) is 0 Å². The van der Waals surface area contributed by atoms with Crippen LogP contribution >= 0.6 is 11.6 Å². The van der Waals surface area contributed by atoms with Gasteiger partial charge in [-0.3, -0.25) is 9.69 Å². The SMILES string of the molecule is CC1CCCN(C(C)C(=O)Cl)C1. The smallest absolute Gasteiger partial charge is 0.238 e. The molecule has 0 saturated carbocycles. The van der Waals surface area contributed by atoms with Crippen molar-refractivity contribution in [2.24, 2.45) is 5.92 Å². The zero-order valence-corrected chi connectivity index (χ0v) is 8.47. The van der Waals surface area contributed by atoms with E-state index in [-0.39, 0.29) is 11.3 Å². The molecule has 70 valence electrons. The van der Waals surface area contributed by atoms with Gasteiger partial charge < -0.3 is 0 Å². The molecule has 1 fully saturated rings. The minimum absolute atomic E-state index is 0.102. The third-order valence-electron chi connectivity index (χ3n) is 2.56. The maximum absolute atomic E-state index is 10.9. The molecular formula is C9H16ClNO. The second kappa shape index (κ2) is 4.24. The molecule has 0 amide bonds. The van der Waals surface area contributed by atoms with E-state index in [2.05, 4.69) is 11.8 Å². The molecule has 2 atom stereocenters. The van der Waals surface area contributed by atoms with Crippen molar-refractivity contribution in [2.45, 2.75) is 32.7 Å². The number of nitrogens with zero attached hydrogens (tertiary/aromatic N) is 1. The molecule has 3 heteroatoms. The summed E-state index contributed by atoms with van der Waals surface area (Å²) in [6.07, 6.45) is 2.47. The lowest BCUT2D eigenvalue weighted by Gasteiger charge is -2.33. The van der Waals surface area contributed by atoms with Crippen molar-refractivity contribution >= 4 is 16.8 Å². The number of hydrogen-bond acceptors (Lipinski definition) is 2. The Morgan fingerprint density at radius 2 is 2.33 bits per heavy atom. The maximum atomic E-state index is 10.9. The van der Waals surface area contributed by atoms with Gasteiger partial charge in [0.2, 0.25) is 5.24 Å². The van der Waals surface area contributed by atoms with E-state index in [4.69, 9.17) is 11.6 Å². The van der Waals surface area contributed by atoms with Gasteiger partial charge in [0.1, 0.15) is 0 Å². The van der Waals surface area contributed by atoms with Crippen LogP contribution in [0.1, 0.15) is 26.7 Å². The van der Waals surface area contributed by atoms with Crippen LogP contribution in [-0.2, 0) is 4.79 Å². The van der Waals surface area contributed by atoms with Crippen LogP contribution in [0.4, 0.5) is 0 Å². The second-order valence-corrected chi connectivity index (χ2v) is 4.09. The fourth-order valence-electron chi connectivity index (χ4n) is 1.72. The highest BCUT2D eigenvalue weighted by atomic mass is 35.5. The lowest BCUT2D eigenvalue weighted by Crippen LogP contribution is -2.43. The predicted octanol–water partition coefficient (Wildman–Crippen LogP) is 1.87. The van der Waals surface area contributed by atoms with E-state index < -0.39 is 0 Å². The Morgan fingerprint density at radius 1 is 1.67 bits per heavy atom. The van der Waals surface area contributed by atoms with E-state index >= 15 is 0 Å². The Hall–Kier alpha value is -0.0800. The van der Waals surface area contributed by atoms with Gasteiger partial charge in [-0.15, -0.1) is 0 Å². The quantitative estimate of drug-likeness (QED) is 0.619. The molecule has 0 aliphatic carbocycles. The monoisotopic (exact) mass is 189 g/mol. The minimum Gasteiger partial charge on any atom is -0.292 e. The fourth-order valence-corrected chi connectivity index (χ4v) is 1.86. The van der Waals surface area contributed by atoms with Gasteiger partial charge in [-0.05, 0) is 43.8 Å². The Kier molecular flexibility index (Phi) is 3.53. The molecule has 0 radical (unpaired) electrons. The van der Waals surface area contributed by atoms with Crippen molar-refractivity contribution in [2.75, 3.05) is 13.1 Å². The first-order chi connectivity index (χ1) is 5.61. The number of carbonyl (C=O) groups excluding carboxylic acids is 1. The van der Waals surface area contributed by atoms with Crippen molar-refractivity contribution < 1.29 is 4.79 Å². The fraction of sp³-hybridized carbons (Fsp3) is 0.889. The topological polar surface area (TPSA) is 20.3 Å². The van der Waals surface area contributed by atoms with E-state index in [0.717, 1.165) is 13.1 Å². The largest absolute Gasteiger partial charge is 0.292 e. The summed E-state index contributed by atoms with van der Waals surface area (Å²) in [5.41, 5.74) is 0. The van der Waals surface area contributed by atoms with E-state index in [1.807, 2.05) is 6.92 Å². The average Bonchev–Trinajstić information content (AvgIpc) is 2.03. The second-order valence-electron chi connectivity index (χ2n) is 3.72. The van der Waals surface area contributed by atoms with Gasteiger partial charge >= 0.3 is 0 Å². The maximum Gasteiger partial charge on any atom is 0.238 e. The highest BCUT2D eigenvalue weighted by Gasteiger charge is 2.24. The molecule has 2 unspecified atom stereocenters. The van der Waals surface area contributed by atoms with Gasteiger partial charge in [0, 0.05) is 6.54 Å². The van der Waals surface area contributed by atoms with Crippen LogP contribution in [0.15, 0.2) is 0 Å². The molecule has 1 rings (SSSR count). The zero-order chi connectivity index (χ0) is 9.14. The third kappa shape index (κ3) is 2.46. The van der Waals surface area contributed by atoms with E-state index in [0.29, 0.717) is 5.92 Å². The van der Waals surface area contributed by atoms with Gasteiger partial charge in [0.15, 0.2) is 0 Å². The first-order valence-electron chi connectivity index (χ1n) is 4.54. The van der Waals surface area contributed by atoms with E-state index in [1.165, 1.54) is 12.8 Å². The van der Waals surface area contributed by atoms with E-state index in [1.54, 1.807) is 0 Å². The molecule has 2 nitrogen and oxygen atoms in total. The summed E-state index contributed by atoms with van der Waals surface area (Å²) < 4.78 is 0. The molecule has 1 aliphatic heterocycles. The summed E-state index contributed by atoms with van der Waals surface area (Å²) in [4.78, 5) is 13.0. The number of hydrogen-bond donors (Lipinski definition) is 0. The van der Waals surface area contributed by atoms with Crippen molar-refractivity contribution in [3.05, 3.63) is 0 Å². The van der Waals surface area contributed by atoms with E-state index in [9.17, 15) is 4.79 Å². The van der Waals surface area contributed by atoms with Crippen molar-refractivity contribution in [3.8, 4) is 0 Å². The lowest BCUT2D eigenvalue weighted by atomic mass is 9.99. The van der Waals surface area contributed by atoms with Crippen LogP contribution in [0.2, 0.25) is 0 Å².